The lowest BCUT2D eigenvalue weighted by Gasteiger charge is -2.42. The Morgan fingerprint density at radius 3 is 2.88 bits per heavy atom. The SMILES string of the molecule is COC1(OC)C[C@@]23CSC[C@@H]2C[C@H](O3)C1=O. The number of rotatable bonds is 2. The lowest BCUT2D eigenvalue weighted by Crippen LogP contribution is -2.58. The maximum atomic E-state index is 12.2. The van der Waals surface area contributed by atoms with Gasteiger partial charge in [0.05, 0.1) is 5.60 Å². The first-order valence-electron chi connectivity index (χ1n) is 5.56. The maximum absolute atomic E-state index is 12.2. The molecular weight excluding hydrogens is 228 g/mol. The number of methoxy groups -OCH3 is 2. The molecule has 3 saturated heterocycles. The predicted molar refractivity (Wildman–Crippen MR) is 59.4 cm³/mol. The molecule has 0 radical (unpaired) electrons. The van der Waals surface area contributed by atoms with Crippen LogP contribution in [0.1, 0.15) is 12.8 Å². The Balaban J connectivity index is 1.98. The highest BCUT2D eigenvalue weighted by Gasteiger charge is 2.65. The molecule has 3 rings (SSSR count). The van der Waals surface area contributed by atoms with Gasteiger partial charge in [0.15, 0.2) is 0 Å². The Labute approximate surface area is 99.0 Å². The van der Waals surface area contributed by atoms with Crippen molar-refractivity contribution in [3.8, 4) is 0 Å². The van der Waals surface area contributed by atoms with Crippen molar-refractivity contribution < 1.29 is 19.0 Å². The van der Waals surface area contributed by atoms with Crippen molar-refractivity contribution in [2.45, 2.75) is 30.3 Å². The van der Waals surface area contributed by atoms with Crippen LogP contribution in [-0.2, 0) is 19.0 Å². The van der Waals surface area contributed by atoms with E-state index in [9.17, 15) is 4.79 Å². The highest BCUT2D eigenvalue weighted by molar-refractivity contribution is 7.99. The average Bonchev–Trinajstić information content (AvgIpc) is 2.78. The summed E-state index contributed by atoms with van der Waals surface area (Å²) < 4.78 is 16.7. The minimum absolute atomic E-state index is 0.0393. The fourth-order valence-electron chi connectivity index (χ4n) is 3.20. The fraction of sp³-hybridized carbons (Fsp3) is 0.909. The van der Waals surface area contributed by atoms with E-state index in [2.05, 4.69) is 0 Å². The summed E-state index contributed by atoms with van der Waals surface area (Å²) in [6.07, 6.45) is 1.06. The van der Waals surface area contributed by atoms with Gasteiger partial charge in [-0.2, -0.15) is 11.8 Å². The molecule has 16 heavy (non-hydrogen) atoms. The average molecular weight is 244 g/mol. The monoisotopic (exact) mass is 244 g/mol. The van der Waals surface area contributed by atoms with Crippen molar-refractivity contribution in [1.82, 2.24) is 0 Å². The first-order valence-corrected chi connectivity index (χ1v) is 6.71. The van der Waals surface area contributed by atoms with Crippen LogP contribution >= 0.6 is 11.8 Å². The highest BCUT2D eigenvalue weighted by Crippen LogP contribution is 2.54. The van der Waals surface area contributed by atoms with Gasteiger partial charge >= 0.3 is 0 Å². The number of ketones is 1. The van der Waals surface area contributed by atoms with Crippen LogP contribution in [-0.4, -0.2) is 49.0 Å². The summed E-state index contributed by atoms with van der Waals surface area (Å²) in [7, 11) is 3.08. The fourth-order valence-corrected chi connectivity index (χ4v) is 4.79. The van der Waals surface area contributed by atoms with Crippen LogP contribution in [0.3, 0.4) is 0 Å². The second-order valence-electron chi connectivity index (χ2n) is 4.82. The van der Waals surface area contributed by atoms with E-state index in [1.807, 2.05) is 11.8 Å². The molecule has 5 heteroatoms. The van der Waals surface area contributed by atoms with Crippen LogP contribution in [0.15, 0.2) is 0 Å². The number of hydrogen-bond acceptors (Lipinski definition) is 5. The zero-order valence-corrected chi connectivity index (χ0v) is 10.3. The van der Waals surface area contributed by atoms with Gasteiger partial charge in [-0.25, -0.2) is 0 Å². The van der Waals surface area contributed by atoms with Gasteiger partial charge in [0.2, 0.25) is 11.6 Å². The number of carbonyl (C=O) groups excluding carboxylic acids is 1. The first kappa shape index (κ1) is 11.0. The number of hydrogen-bond donors (Lipinski definition) is 0. The van der Waals surface area contributed by atoms with Crippen LogP contribution in [0, 0.1) is 5.92 Å². The normalized spacial score (nSPS) is 44.8. The predicted octanol–water partition coefficient (Wildman–Crippen LogP) is 0.839. The summed E-state index contributed by atoms with van der Waals surface area (Å²) in [6.45, 7) is 0. The molecule has 0 unspecified atom stereocenters. The zero-order chi connectivity index (χ0) is 11.4. The molecule has 0 amide bonds. The van der Waals surface area contributed by atoms with Gasteiger partial charge in [0.25, 0.3) is 0 Å². The van der Waals surface area contributed by atoms with Crippen LogP contribution in [0.4, 0.5) is 0 Å². The van der Waals surface area contributed by atoms with Gasteiger partial charge < -0.3 is 14.2 Å². The largest absolute Gasteiger partial charge is 0.362 e. The van der Waals surface area contributed by atoms with Gasteiger partial charge in [0, 0.05) is 32.3 Å². The van der Waals surface area contributed by atoms with Crippen molar-refractivity contribution in [3.05, 3.63) is 0 Å². The molecule has 0 saturated carbocycles. The number of thioether (sulfide) groups is 1. The van der Waals surface area contributed by atoms with Crippen molar-refractivity contribution in [2.24, 2.45) is 5.92 Å². The van der Waals surface area contributed by atoms with E-state index >= 15 is 0 Å². The van der Waals surface area contributed by atoms with E-state index in [0.717, 1.165) is 17.9 Å². The second kappa shape index (κ2) is 3.45. The summed E-state index contributed by atoms with van der Waals surface area (Å²) in [5, 5.41) is 0. The number of carbonyl (C=O) groups is 1. The number of Topliss-reactive ketones (excluding diaryl/α,β-unsaturated/α-hetero) is 1. The van der Waals surface area contributed by atoms with Crippen molar-refractivity contribution in [3.63, 3.8) is 0 Å². The molecule has 0 aromatic heterocycles. The molecule has 0 aliphatic carbocycles. The van der Waals surface area contributed by atoms with E-state index < -0.39 is 5.79 Å². The lowest BCUT2D eigenvalue weighted by atomic mass is 9.86. The minimum Gasteiger partial charge on any atom is -0.362 e. The molecular formula is C11H16O4S. The third kappa shape index (κ3) is 1.20. The zero-order valence-electron chi connectivity index (χ0n) is 9.52. The molecule has 0 N–H and O–H groups in total. The van der Waals surface area contributed by atoms with E-state index in [4.69, 9.17) is 14.2 Å². The number of ether oxygens (including phenoxy) is 3. The Morgan fingerprint density at radius 1 is 1.44 bits per heavy atom. The van der Waals surface area contributed by atoms with Gasteiger partial charge in [-0.15, -0.1) is 0 Å². The lowest BCUT2D eigenvalue weighted by molar-refractivity contribution is -0.254. The van der Waals surface area contributed by atoms with Crippen LogP contribution in [0.2, 0.25) is 0 Å². The first-order chi connectivity index (χ1) is 7.66. The summed E-state index contributed by atoms with van der Waals surface area (Å²) >= 11 is 1.90. The number of fused-ring (bicyclic) bond motifs is 1. The Hall–Kier alpha value is -0.100. The topological polar surface area (TPSA) is 44.8 Å². The summed E-state index contributed by atoms with van der Waals surface area (Å²) in [5.41, 5.74) is -0.185. The van der Waals surface area contributed by atoms with Crippen LogP contribution in [0.25, 0.3) is 0 Å². The molecule has 3 heterocycles. The highest BCUT2D eigenvalue weighted by atomic mass is 32.2. The molecule has 90 valence electrons. The Kier molecular flexibility index (Phi) is 2.37. The van der Waals surface area contributed by atoms with Gasteiger partial charge in [-0.05, 0) is 12.2 Å². The van der Waals surface area contributed by atoms with Gasteiger partial charge in [-0.3, -0.25) is 4.79 Å². The standard InChI is InChI=1S/C11H16O4S/c1-13-11(14-2)5-10-6-16-4-7(10)3-8(15-10)9(11)12/h7-8H,3-6H2,1-2H3/t7-,8-,10+/m0/s1. The van der Waals surface area contributed by atoms with Crippen LogP contribution < -0.4 is 0 Å². The summed E-state index contributed by atoms with van der Waals surface area (Å²) in [4.78, 5) is 12.2. The van der Waals surface area contributed by atoms with E-state index in [1.165, 1.54) is 0 Å². The molecule has 0 aromatic rings. The third-order valence-corrected chi connectivity index (χ3v) is 5.48. The second-order valence-corrected chi connectivity index (χ2v) is 5.85. The Bertz CT molecular complexity index is 328. The van der Waals surface area contributed by atoms with Crippen molar-refractivity contribution in [2.75, 3.05) is 25.7 Å². The smallest absolute Gasteiger partial charge is 0.234 e. The third-order valence-electron chi connectivity index (χ3n) is 4.14. The van der Waals surface area contributed by atoms with Gasteiger partial charge in [0.1, 0.15) is 6.10 Å². The Morgan fingerprint density at radius 2 is 2.19 bits per heavy atom. The molecule has 3 fully saturated rings. The van der Waals surface area contributed by atoms with Gasteiger partial charge in [-0.1, -0.05) is 0 Å². The molecule has 3 aliphatic rings. The van der Waals surface area contributed by atoms with E-state index in [0.29, 0.717) is 12.3 Å². The minimum atomic E-state index is -1.07. The van der Waals surface area contributed by atoms with E-state index in [-0.39, 0.29) is 17.5 Å². The van der Waals surface area contributed by atoms with E-state index in [1.54, 1.807) is 14.2 Å². The molecule has 1 spiro atoms. The molecule has 0 aromatic carbocycles. The molecule has 2 bridgehead atoms. The molecule has 4 nitrogen and oxygen atoms in total. The van der Waals surface area contributed by atoms with Crippen molar-refractivity contribution >= 4 is 17.5 Å². The molecule has 3 atom stereocenters. The van der Waals surface area contributed by atoms with Crippen molar-refractivity contribution in [1.29, 1.82) is 0 Å². The van der Waals surface area contributed by atoms with Crippen LogP contribution in [0.5, 0.6) is 0 Å². The summed E-state index contributed by atoms with van der Waals surface area (Å²) in [5.74, 6) is 1.42. The summed E-state index contributed by atoms with van der Waals surface area (Å²) in [6, 6.07) is 0. The quantitative estimate of drug-likeness (QED) is 0.673. The molecule has 3 aliphatic heterocycles. The maximum Gasteiger partial charge on any atom is 0.234 e.